The summed E-state index contributed by atoms with van der Waals surface area (Å²) in [5.74, 6) is -1.98. The second kappa shape index (κ2) is 12.7. The molecule has 1 aromatic carbocycles. The van der Waals surface area contributed by atoms with Crippen LogP contribution in [0.2, 0.25) is 0 Å². The van der Waals surface area contributed by atoms with E-state index < -0.39 is 74.1 Å². The van der Waals surface area contributed by atoms with Crippen LogP contribution in [0.15, 0.2) is 41.1 Å². The van der Waals surface area contributed by atoms with Crippen LogP contribution in [-0.4, -0.2) is 69.9 Å². The fraction of sp³-hybridized carbons (Fsp3) is 0.478. The molecule has 0 saturated carbocycles. The van der Waals surface area contributed by atoms with Crippen LogP contribution in [-0.2, 0) is 23.4 Å². The van der Waals surface area contributed by atoms with Crippen LogP contribution >= 0.6 is 23.7 Å². The highest BCUT2D eigenvalue weighted by Gasteiger charge is 2.56. The highest BCUT2D eigenvalue weighted by molar-refractivity contribution is 9.10. The first-order valence-corrected chi connectivity index (χ1v) is 14.0. The Balaban J connectivity index is 1.77. The summed E-state index contributed by atoms with van der Waals surface area (Å²) in [5.41, 5.74) is 2.36. The van der Waals surface area contributed by atoms with Gasteiger partial charge in [0.2, 0.25) is 12.2 Å². The molecule has 1 aliphatic heterocycles. The van der Waals surface area contributed by atoms with Crippen molar-refractivity contribution < 1.29 is 46.9 Å². The number of primary amides is 1. The summed E-state index contributed by atoms with van der Waals surface area (Å²) in [5, 5.41) is 13.1. The molecule has 2 aromatic rings. The van der Waals surface area contributed by atoms with Crippen LogP contribution < -0.4 is 20.1 Å². The molecule has 6 atom stereocenters. The third kappa shape index (κ3) is 7.93. The molecule has 0 unspecified atom stereocenters. The number of nitrogens with zero attached hydrogens (tertiary/aromatic N) is 2. The molecule has 16 heteroatoms. The Morgan fingerprint density at radius 1 is 1.31 bits per heavy atom. The first-order chi connectivity index (χ1) is 18.2. The maximum atomic E-state index is 15.5. The minimum atomic E-state index is -4.32. The van der Waals surface area contributed by atoms with Crippen LogP contribution in [0.1, 0.15) is 38.2 Å². The maximum absolute atomic E-state index is 15.5. The molecule has 2 heterocycles. The minimum absolute atomic E-state index is 0.148. The van der Waals surface area contributed by atoms with Gasteiger partial charge in [-0.25, -0.2) is 18.9 Å². The largest absolute Gasteiger partial charge is 0.462 e. The van der Waals surface area contributed by atoms with Crippen molar-refractivity contribution in [2.75, 3.05) is 6.61 Å². The van der Waals surface area contributed by atoms with E-state index in [2.05, 4.69) is 31.0 Å². The zero-order chi connectivity index (χ0) is 29.0. The van der Waals surface area contributed by atoms with Gasteiger partial charge >= 0.3 is 13.7 Å². The SMILES string of the molecule is CC(C)OC(=O)[C@H](C)N[P@@](=O)(OC[C@H]1O[C@@H](Oc2ncc(Br)nc2C(N)=O)[C@](C)(F)[C@@H]1O)Oc1ccccc1. The third-order valence-electron chi connectivity index (χ3n) is 5.29. The summed E-state index contributed by atoms with van der Waals surface area (Å²) in [6, 6.07) is 6.85. The molecule has 4 N–H and O–H groups in total. The van der Waals surface area contributed by atoms with Crippen molar-refractivity contribution in [2.45, 2.75) is 64.0 Å². The molecule has 1 amide bonds. The molecule has 1 fully saturated rings. The Kier molecular flexibility index (Phi) is 10.0. The molecule has 214 valence electrons. The number of alkyl halides is 1. The predicted molar refractivity (Wildman–Crippen MR) is 138 cm³/mol. The van der Waals surface area contributed by atoms with Gasteiger partial charge in [0.25, 0.3) is 5.91 Å². The topological polar surface area (TPSA) is 181 Å². The number of aliphatic hydroxyl groups excluding tert-OH is 1. The van der Waals surface area contributed by atoms with Gasteiger partial charge in [-0.1, -0.05) is 18.2 Å². The summed E-state index contributed by atoms with van der Waals surface area (Å²) in [6.45, 7) is 5.05. The molecule has 1 aliphatic rings. The van der Waals surface area contributed by atoms with E-state index in [4.69, 9.17) is 29.0 Å². The maximum Gasteiger partial charge on any atom is 0.459 e. The van der Waals surface area contributed by atoms with E-state index in [0.29, 0.717) is 0 Å². The summed E-state index contributed by atoms with van der Waals surface area (Å²) in [4.78, 5) is 31.8. The second-order valence-electron chi connectivity index (χ2n) is 8.97. The number of rotatable bonds is 12. The Morgan fingerprint density at radius 2 is 1.97 bits per heavy atom. The molecular weight excluding hydrogens is 606 g/mol. The minimum Gasteiger partial charge on any atom is -0.462 e. The predicted octanol–water partition coefficient (Wildman–Crippen LogP) is 2.66. The number of hydrogen-bond donors (Lipinski definition) is 3. The molecule has 0 radical (unpaired) electrons. The zero-order valence-electron chi connectivity index (χ0n) is 21.4. The molecule has 1 aromatic heterocycles. The summed E-state index contributed by atoms with van der Waals surface area (Å²) >= 11 is 3.05. The van der Waals surface area contributed by atoms with Crippen LogP contribution in [0.5, 0.6) is 11.6 Å². The standard InChI is InChI=1S/C23H29BrFN4O9P/c1-12(2)35-21(32)13(3)29-39(33,38-14-8-6-5-7-9-14)34-11-15-18(30)23(4,25)22(36-15)37-20-17(19(26)31)28-16(24)10-27-20/h5-10,12-13,15,18,22,30H,11H2,1-4H3,(H2,26,31)(H,29,33)/t13-,15+,18+,22-,23+,39+/m0/s1. The number of ether oxygens (including phenoxy) is 3. The van der Waals surface area contributed by atoms with E-state index in [1.54, 1.807) is 32.0 Å². The highest BCUT2D eigenvalue weighted by atomic mass is 79.9. The monoisotopic (exact) mass is 634 g/mol. The third-order valence-corrected chi connectivity index (χ3v) is 7.31. The molecule has 39 heavy (non-hydrogen) atoms. The van der Waals surface area contributed by atoms with E-state index in [1.807, 2.05) is 0 Å². The average Bonchev–Trinajstić information content (AvgIpc) is 3.06. The lowest BCUT2D eigenvalue weighted by molar-refractivity contribution is -0.149. The molecule has 0 aliphatic carbocycles. The van der Waals surface area contributed by atoms with Gasteiger partial charge < -0.3 is 29.6 Å². The number of aromatic nitrogens is 2. The smallest absolute Gasteiger partial charge is 0.459 e. The number of aliphatic hydroxyl groups is 1. The van der Waals surface area contributed by atoms with E-state index in [-0.39, 0.29) is 10.4 Å². The Hall–Kier alpha value is -2.68. The van der Waals surface area contributed by atoms with Crippen molar-refractivity contribution >= 4 is 35.6 Å². The summed E-state index contributed by atoms with van der Waals surface area (Å²) in [7, 11) is -4.32. The van der Waals surface area contributed by atoms with E-state index >= 15 is 4.39 Å². The molecule has 1 saturated heterocycles. The van der Waals surface area contributed by atoms with E-state index in [1.165, 1.54) is 25.3 Å². The Morgan fingerprint density at radius 3 is 2.59 bits per heavy atom. The van der Waals surface area contributed by atoms with Gasteiger partial charge in [-0.3, -0.25) is 14.1 Å². The molecule has 3 rings (SSSR count). The quantitative estimate of drug-likeness (QED) is 0.230. The highest BCUT2D eigenvalue weighted by Crippen LogP contribution is 2.46. The zero-order valence-corrected chi connectivity index (χ0v) is 23.9. The fourth-order valence-electron chi connectivity index (χ4n) is 3.35. The molecular formula is C23H29BrFN4O9P. The van der Waals surface area contributed by atoms with Crippen molar-refractivity contribution in [3.05, 3.63) is 46.8 Å². The summed E-state index contributed by atoms with van der Waals surface area (Å²) < 4.78 is 56.4. The second-order valence-corrected chi connectivity index (χ2v) is 11.5. The van der Waals surface area contributed by atoms with Crippen molar-refractivity contribution in [1.82, 2.24) is 15.1 Å². The number of amides is 1. The van der Waals surface area contributed by atoms with Gasteiger partial charge in [0.05, 0.1) is 18.9 Å². The molecule has 13 nitrogen and oxygen atoms in total. The van der Waals surface area contributed by atoms with Crippen molar-refractivity contribution in [1.29, 1.82) is 0 Å². The van der Waals surface area contributed by atoms with Crippen molar-refractivity contribution in [3.63, 3.8) is 0 Å². The lowest BCUT2D eigenvalue weighted by atomic mass is 10.00. The number of nitrogens with two attached hydrogens (primary N) is 1. The average molecular weight is 635 g/mol. The van der Waals surface area contributed by atoms with Gasteiger partial charge in [0, 0.05) is 0 Å². The van der Waals surface area contributed by atoms with Crippen LogP contribution in [0.25, 0.3) is 0 Å². The number of para-hydroxylation sites is 1. The number of benzene rings is 1. The lowest BCUT2D eigenvalue weighted by Crippen LogP contribution is -2.44. The number of carbonyl (C=O) groups is 2. The molecule has 0 bridgehead atoms. The first kappa shape index (κ1) is 30.9. The van der Waals surface area contributed by atoms with Gasteiger partial charge in [0.15, 0.2) is 11.4 Å². The van der Waals surface area contributed by atoms with E-state index in [9.17, 15) is 19.3 Å². The van der Waals surface area contributed by atoms with Gasteiger partial charge in [-0.15, -0.1) is 0 Å². The summed E-state index contributed by atoms with van der Waals surface area (Å²) in [6.07, 6.45) is -4.27. The van der Waals surface area contributed by atoms with Crippen LogP contribution in [0.3, 0.4) is 0 Å². The number of halogens is 2. The van der Waals surface area contributed by atoms with Crippen molar-refractivity contribution in [3.8, 4) is 11.6 Å². The Labute approximate surface area is 232 Å². The number of hydrogen-bond acceptors (Lipinski definition) is 11. The molecule has 0 spiro atoms. The first-order valence-electron chi connectivity index (χ1n) is 11.7. The fourth-order valence-corrected chi connectivity index (χ4v) is 5.13. The number of carbonyl (C=O) groups excluding carboxylic acids is 2. The van der Waals surface area contributed by atoms with Crippen LogP contribution in [0.4, 0.5) is 4.39 Å². The lowest BCUT2D eigenvalue weighted by Gasteiger charge is -2.25. The Bertz CT molecular complexity index is 1220. The van der Waals surface area contributed by atoms with Crippen molar-refractivity contribution in [2.24, 2.45) is 5.73 Å². The number of esters is 1. The normalized spacial score (nSPS) is 25.1. The van der Waals surface area contributed by atoms with Crippen LogP contribution in [0, 0.1) is 0 Å². The van der Waals surface area contributed by atoms with Gasteiger partial charge in [0.1, 0.15) is 28.6 Å². The number of nitrogens with one attached hydrogen (secondary N) is 1. The van der Waals surface area contributed by atoms with Gasteiger partial charge in [-0.05, 0) is 55.8 Å². The van der Waals surface area contributed by atoms with E-state index in [0.717, 1.165) is 6.92 Å². The van der Waals surface area contributed by atoms with Gasteiger partial charge in [-0.2, -0.15) is 5.09 Å².